The van der Waals surface area contributed by atoms with Gasteiger partial charge in [-0.15, -0.1) is 0 Å². The van der Waals surface area contributed by atoms with Crippen LogP contribution in [-0.2, 0) is 9.59 Å². The van der Waals surface area contributed by atoms with Gasteiger partial charge in [-0.3, -0.25) is 9.59 Å². The minimum atomic E-state index is -0.517. The van der Waals surface area contributed by atoms with Gasteiger partial charge in [0.25, 0.3) is 11.8 Å². The van der Waals surface area contributed by atoms with Crippen molar-refractivity contribution in [1.29, 1.82) is 5.26 Å². The van der Waals surface area contributed by atoms with Gasteiger partial charge in [0.15, 0.2) is 18.1 Å². The van der Waals surface area contributed by atoms with Crippen LogP contribution in [0.1, 0.15) is 29.2 Å². The fourth-order valence-corrected chi connectivity index (χ4v) is 4.16. The Morgan fingerprint density at radius 1 is 1.00 bits per heavy atom. The Hall–Kier alpha value is -4.09. The van der Waals surface area contributed by atoms with E-state index in [1.807, 2.05) is 70.2 Å². The molecule has 8 heteroatoms. The predicted molar refractivity (Wildman–Crippen MR) is 149 cm³/mol. The maximum atomic E-state index is 12.8. The zero-order valence-corrected chi connectivity index (χ0v) is 22.7. The Morgan fingerprint density at radius 2 is 1.76 bits per heavy atom. The second-order valence-electron chi connectivity index (χ2n) is 8.41. The van der Waals surface area contributed by atoms with Gasteiger partial charge in [0.2, 0.25) is 0 Å². The monoisotopic (exact) mass is 561 g/mol. The fraction of sp³-hybridized carbons (Fsp3) is 0.207. The molecule has 0 atom stereocenters. The van der Waals surface area contributed by atoms with Gasteiger partial charge in [0.05, 0.1) is 11.1 Å². The summed E-state index contributed by atoms with van der Waals surface area (Å²) in [6, 6.07) is 18.4. The number of nitrogens with zero attached hydrogens (tertiary/aromatic N) is 1. The van der Waals surface area contributed by atoms with Gasteiger partial charge in [-0.25, -0.2) is 0 Å². The van der Waals surface area contributed by atoms with Crippen LogP contribution in [0.15, 0.2) is 64.6 Å². The number of amides is 2. The van der Waals surface area contributed by atoms with E-state index in [1.165, 1.54) is 6.08 Å². The molecule has 7 nitrogen and oxygen atoms in total. The standard InChI is InChI=1S/C29H28BrN3O4/c1-5-36-26-15-21(13-22(16-31)29(35)33-25-10-9-19(3)11-20(25)4)14-24(30)28(26)37-17-27(34)32-23-8-6-7-18(2)12-23/h6-15H,5,17H2,1-4H3,(H,32,34)(H,33,35)/b22-13+. The topological polar surface area (TPSA) is 100 Å². The average Bonchev–Trinajstić information content (AvgIpc) is 2.84. The summed E-state index contributed by atoms with van der Waals surface area (Å²) in [4.78, 5) is 25.2. The highest BCUT2D eigenvalue weighted by molar-refractivity contribution is 9.10. The molecule has 0 heterocycles. The molecule has 0 unspecified atom stereocenters. The molecule has 2 N–H and O–H groups in total. The van der Waals surface area contributed by atoms with Crippen molar-refractivity contribution in [3.8, 4) is 17.6 Å². The van der Waals surface area contributed by atoms with Crippen molar-refractivity contribution in [3.05, 3.63) is 86.9 Å². The van der Waals surface area contributed by atoms with Crippen molar-refractivity contribution < 1.29 is 19.1 Å². The number of nitriles is 1. The Bertz CT molecular complexity index is 1390. The first-order valence-corrected chi connectivity index (χ1v) is 12.5. The minimum absolute atomic E-state index is 0.0690. The summed E-state index contributed by atoms with van der Waals surface area (Å²) in [6.45, 7) is 7.75. The van der Waals surface area contributed by atoms with Crippen LogP contribution in [0.4, 0.5) is 11.4 Å². The molecule has 2 amide bonds. The number of carbonyl (C=O) groups excluding carboxylic acids is 2. The Balaban J connectivity index is 1.78. The van der Waals surface area contributed by atoms with Crippen molar-refractivity contribution in [2.45, 2.75) is 27.7 Å². The van der Waals surface area contributed by atoms with Crippen molar-refractivity contribution in [1.82, 2.24) is 0 Å². The molecule has 0 bridgehead atoms. The summed E-state index contributed by atoms with van der Waals surface area (Å²) in [6.07, 6.45) is 1.47. The second kappa shape index (κ2) is 12.7. The molecular formula is C29H28BrN3O4. The fourth-order valence-electron chi connectivity index (χ4n) is 3.59. The first-order chi connectivity index (χ1) is 17.7. The van der Waals surface area contributed by atoms with Gasteiger partial charge in [0.1, 0.15) is 11.6 Å². The number of rotatable bonds is 9. The highest BCUT2D eigenvalue weighted by Gasteiger charge is 2.16. The van der Waals surface area contributed by atoms with E-state index in [-0.39, 0.29) is 18.1 Å². The number of ether oxygens (including phenoxy) is 2. The lowest BCUT2D eigenvalue weighted by Gasteiger charge is -2.15. The van der Waals surface area contributed by atoms with Crippen LogP contribution in [0.5, 0.6) is 11.5 Å². The van der Waals surface area contributed by atoms with Gasteiger partial charge < -0.3 is 20.1 Å². The van der Waals surface area contributed by atoms with E-state index in [4.69, 9.17) is 9.47 Å². The predicted octanol–water partition coefficient (Wildman–Crippen LogP) is 6.34. The Labute approximate surface area is 225 Å². The molecule has 0 aliphatic heterocycles. The lowest BCUT2D eigenvalue weighted by Crippen LogP contribution is -2.20. The third-order valence-corrected chi connectivity index (χ3v) is 5.88. The van der Waals surface area contributed by atoms with Crippen molar-refractivity contribution in [2.75, 3.05) is 23.8 Å². The van der Waals surface area contributed by atoms with Gasteiger partial charge >= 0.3 is 0 Å². The molecule has 0 aromatic heterocycles. The highest BCUT2D eigenvalue weighted by atomic mass is 79.9. The average molecular weight is 562 g/mol. The van der Waals surface area contributed by atoms with Crippen molar-refractivity contribution in [2.24, 2.45) is 0 Å². The summed E-state index contributed by atoms with van der Waals surface area (Å²) in [5.74, 6) is -0.120. The second-order valence-corrected chi connectivity index (χ2v) is 9.27. The smallest absolute Gasteiger partial charge is 0.266 e. The number of carbonyl (C=O) groups is 2. The number of anilines is 2. The van der Waals surface area contributed by atoms with Crippen LogP contribution >= 0.6 is 15.9 Å². The van der Waals surface area contributed by atoms with Crippen molar-refractivity contribution in [3.63, 3.8) is 0 Å². The quantitative estimate of drug-likeness (QED) is 0.234. The molecular weight excluding hydrogens is 534 g/mol. The molecule has 37 heavy (non-hydrogen) atoms. The Morgan fingerprint density at radius 3 is 2.43 bits per heavy atom. The van der Waals surface area contributed by atoms with E-state index in [2.05, 4.69) is 26.6 Å². The van der Waals surface area contributed by atoms with Crippen LogP contribution in [0.2, 0.25) is 0 Å². The van der Waals surface area contributed by atoms with Gasteiger partial charge in [-0.05, 0) is 96.7 Å². The number of aryl methyl sites for hydroxylation is 3. The SMILES string of the molecule is CCOc1cc(/C=C(\C#N)C(=O)Nc2ccc(C)cc2C)cc(Br)c1OCC(=O)Nc1cccc(C)c1. The van der Waals surface area contributed by atoms with E-state index in [1.54, 1.807) is 18.2 Å². The molecule has 3 aromatic carbocycles. The van der Waals surface area contributed by atoms with E-state index in [9.17, 15) is 14.9 Å². The minimum Gasteiger partial charge on any atom is -0.490 e. The zero-order chi connectivity index (χ0) is 26.9. The molecule has 0 fully saturated rings. The third kappa shape index (κ3) is 7.69. The molecule has 0 saturated heterocycles. The lowest BCUT2D eigenvalue weighted by molar-refractivity contribution is -0.118. The molecule has 0 aliphatic rings. The number of nitrogens with one attached hydrogen (secondary N) is 2. The molecule has 0 aliphatic carbocycles. The lowest BCUT2D eigenvalue weighted by atomic mass is 10.1. The van der Waals surface area contributed by atoms with E-state index >= 15 is 0 Å². The zero-order valence-electron chi connectivity index (χ0n) is 21.1. The van der Waals surface area contributed by atoms with Gasteiger partial charge in [-0.2, -0.15) is 5.26 Å². The summed E-state index contributed by atoms with van der Waals surface area (Å²) < 4.78 is 12.0. The molecule has 0 radical (unpaired) electrons. The maximum Gasteiger partial charge on any atom is 0.266 e. The van der Waals surface area contributed by atoms with Crippen molar-refractivity contribution >= 4 is 45.2 Å². The Kier molecular flexibility index (Phi) is 9.47. The number of benzene rings is 3. The van der Waals surface area contributed by atoms with E-state index in [0.717, 1.165) is 16.7 Å². The maximum absolute atomic E-state index is 12.8. The summed E-state index contributed by atoms with van der Waals surface area (Å²) >= 11 is 3.46. The number of hydrogen-bond acceptors (Lipinski definition) is 5. The third-order valence-electron chi connectivity index (χ3n) is 5.29. The highest BCUT2D eigenvalue weighted by Crippen LogP contribution is 2.37. The molecule has 3 rings (SSSR count). The summed E-state index contributed by atoms with van der Waals surface area (Å²) in [5.41, 5.74) is 4.82. The van der Waals surface area contributed by atoms with E-state index in [0.29, 0.717) is 39.5 Å². The molecule has 0 saturated carbocycles. The van der Waals surface area contributed by atoms with Gasteiger partial charge in [-0.1, -0.05) is 29.8 Å². The van der Waals surface area contributed by atoms with Gasteiger partial charge in [0, 0.05) is 11.4 Å². The summed E-state index contributed by atoms with van der Waals surface area (Å²) in [5, 5.41) is 15.2. The molecule has 0 spiro atoms. The molecule has 3 aromatic rings. The number of hydrogen-bond donors (Lipinski definition) is 2. The van der Waals surface area contributed by atoms with Crippen LogP contribution in [0.25, 0.3) is 6.08 Å². The number of halogens is 1. The van der Waals surface area contributed by atoms with Crippen LogP contribution in [-0.4, -0.2) is 25.0 Å². The normalized spacial score (nSPS) is 10.9. The van der Waals surface area contributed by atoms with Crippen LogP contribution in [0.3, 0.4) is 0 Å². The van der Waals surface area contributed by atoms with Crippen LogP contribution < -0.4 is 20.1 Å². The first-order valence-electron chi connectivity index (χ1n) is 11.7. The van der Waals surface area contributed by atoms with E-state index < -0.39 is 5.91 Å². The first kappa shape index (κ1) is 27.5. The largest absolute Gasteiger partial charge is 0.490 e. The molecule has 190 valence electrons. The summed E-state index contributed by atoms with van der Waals surface area (Å²) in [7, 11) is 0. The van der Waals surface area contributed by atoms with Crippen LogP contribution in [0, 0.1) is 32.1 Å².